The van der Waals surface area contributed by atoms with Gasteiger partial charge in [-0.1, -0.05) is 24.6 Å². The average Bonchev–Trinajstić information content (AvgIpc) is 3.10. The van der Waals surface area contributed by atoms with Crippen molar-refractivity contribution in [3.8, 4) is 5.75 Å². The first-order valence-electron chi connectivity index (χ1n) is 7.36. The van der Waals surface area contributed by atoms with E-state index in [2.05, 4.69) is 29.6 Å². The molecule has 4 unspecified atom stereocenters. The summed E-state index contributed by atoms with van der Waals surface area (Å²) < 4.78 is 5.98. The Labute approximate surface area is 109 Å². The minimum atomic E-state index is 0.349. The van der Waals surface area contributed by atoms with Gasteiger partial charge in [-0.15, -0.1) is 0 Å². The highest BCUT2D eigenvalue weighted by Gasteiger charge is 2.39. The highest BCUT2D eigenvalue weighted by atomic mass is 16.5. The van der Waals surface area contributed by atoms with Crippen LogP contribution in [0.1, 0.15) is 31.2 Å². The number of para-hydroxylation sites is 1. The summed E-state index contributed by atoms with van der Waals surface area (Å²) in [6.45, 7) is 1.02. The summed E-state index contributed by atoms with van der Waals surface area (Å²) in [6, 6.07) is 9.22. The number of hydrogen-bond acceptors (Lipinski definition) is 2. The van der Waals surface area contributed by atoms with Crippen molar-refractivity contribution in [2.24, 2.45) is 11.8 Å². The van der Waals surface area contributed by atoms with Gasteiger partial charge in [-0.25, -0.2) is 0 Å². The SMILES string of the molecule is c1ccc2c(c1)CC(CNC1CC3CCC1C3)O2. The second-order valence-corrected chi connectivity index (χ2v) is 6.24. The zero-order chi connectivity index (χ0) is 11.9. The molecular weight excluding hydrogens is 222 g/mol. The highest BCUT2D eigenvalue weighted by molar-refractivity contribution is 5.37. The summed E-state index contributed by atoms with van der Waals surface area (Å²) in [5, 5.41) is 3.76. The predicted molar refractivity (Wildman–Crippen MR) is 71.8 cm³/mol. The summed E-state index contributed by atoms with van der Waals surface area (Å²) in [7, 11) is 0. The van der Waals surface area contributed by atoms with Crippen molar-refractivity contribution < 1.29 is 4.74 Å². The lowest BCUT2D eigenvalue weighted by atomic mass is 9.95. The number of ether oxygens (including phenoxy) is 1. The van der Waals surface area contributed by atoms with Crippen LogP contribution in [0, 0.1) is 11.8 Å². The lowest BCUT2D eigenvalue weighted by Crippen LogP contribution is -2.40. The van der Waals surface area contributed by atoms with Crippen molar-refractivity contribution in [3.05, 3.63) is 29.8 Å². The van der Waals surface area contributed by atoms with Gasteiger partial charge in [-0.05, 0) is 42.7 Å². The maximum Gasteiger partial charge on any atom is 0.123 e. The van der Waals surface area contributed by atoms with Gasteiger partial charge in [0.1, 0.15) is 11.9 Å². The van der Waals surface area contributed by atoms with E-state index in [0.29, 0.717) is 6.10 Å². The number of hydrogen-bond donors (Lipinski definition) is 1. The van der Waals surface area contributed by atoms with Crippen molar-refractivity contribution in [3.63, 3.8) is 0 Å². The molecular formula is C16H21NO. The van der Waals surface area contributed by atoms with Gasteiger partial charge in [0.15, 0.2) is 0 Å². The maximum atomic E-state index is 5.98. The van der Waals surface area contributed by atoms with Gasteiger partial charge in [0.2, 0.25) is 0 Å². The molecule has 0 aromatic heterocycles. The molecule has 0 amide bonds. The third-order valence-corrected chi connectivity index (χ3v) is 5.06. The van der Waals surface area contributed by atoms with Gasteiger partial charge in [0, 0.05) is 19.0 Å². The molecule has 4 atom stereocenters. The topological polar surface area (TPSA) is 21.3 Å². The van der Waals surface area contributed by atoms with E-state index in [1.807, 2.05) is 0 Å². The fourth-order valence-corrected chi connectivity index (χ4v) is 4.15. The summed E-state index contributed by atoms with van der Waals surface area (Å²) in [6.07, 6.45) is 7.24. The predicted octanol–water partition coefficient (Wildman–Crippen LogP) is 2.77. The Kier molecular flexibility index (Phi) is 2.58. The lowest BCUT2D eigenvalue weighted by molar-refractivity contribution is 0.211. The molecule has 18 heavy (non-hydrogen) atoms. The Morgan fingerprint density at radius 3 is 2.89 bits per heavy atom. The molecule has 2 fully saturated rings. The van der Waals surface area contributed by atoms with Gasteiger partial charge >= 0.3 is 0 Å². The van der Waals surface area contributed by atoms with Gasteiger partial charge in [0.25, 0.3) is 0 Å². The molecule has 2 aliphatic carbocycles. The molecule has 2 heteroatoms. The van der Waals surface area contributed by atoms with Crippen LogP contribution < -0.4 is 10.1 Å². The molecule has 96 valence electrons. The fourth-order valence-electron chi connectivity index (χ4n) is 4.15. The molecule has 1 aromatic rings. The average molecular weight is 243 g/mol. The third kappa shape index (κ3) is 1.83. The van der Waals surface area contributed by atoms with Crippen LogP contribution in [-0.2, 0) is 6.42 Å². The Balaban J connectivity index is 1.32. The van der Waals surface area contributed by atoms with Crippen molar-refractivity contribution in [1.29, 1.82) is 0 Å². The molecule has 4 rings (SSSR count). The Morgan fingerprint density at radius 2 is 2.11 bits per heavy atom. The summed E-state index contributed by atoms with van der Waals surface area (Å²) in [5.41, 5.74) is 1.37. The second kappa shape index (κ2) is 4.27. The van der Waals surface area contributed by atoms with E-state index >= 15 is 0 Å². The van der Waals surface area contributed by atoms with E-state index in [0.717, 1.165) is 36.6 Å². The van der Waals surface area contributed by atoms with E-state index < -0.39 is 0 Å². The Hall–Kier alpha value is -1.02. The van der Waals surface area contributed by atoms with Crippen LogP contribution >= 0.6 is 0 Å². The first kappa shape index (κ1) is 10.9. The molecule has 0 spiro atoms. The number of nitrogens with one attached hydrogen (secondary N) is 1. The zero-order valence-electron chi connectivity index (χ0n) is 10.8. The molecule has 2 saturated carbocycles. The minimum Gasteiger partial charge on any atom is -0.488 e. The maximum absolute atomic E-state index is 5.98. The smallest absolute Gasteiger partial charge is 0.123 e. The van der Waals surface area contributed by atoms with Crippen LogP contribution in [0.3, 0.4) is 0 Å². The van der Waals surface area contributed by atoms with Crippen LogP contribution in [0.4, 0.5) is 0 Å². The minimum absolute atomic E-state index is 0.349. The van der Waals surface area contributed by atoms with Gasteiger partial charge in [-0.2, -0.15) is 0 Å². The standard InChI is InChI=1S/C16H21NO/c1-2-4-16-13(3-1)9-14(18-16)10-17-15-8-11-5-6-12(15)7-11/h1-4,11-12,14-15,17H,5-10H2. The zero-order valence-corrected chi connectivity index (χ0v) is 10.8. The highest BCUT2D eigenvalue weighted by Crippen LogP contribution is 2.44. The summed E-state index contributed by atoms with van der Waals surface area (Å²) >= 11 is 0. The molecule has 1 aliphatic heterocycles. The number of rotatable bonds is 3. The first-order chi connectivity index (χ1) is 8.88. The van der Waals surface area contributed by atoms with Crippen molar-refractivity contribution in [2.75, 3.05) is 6.54 Å². The van der Waals surface area contributed by atoms with Gasteiger partial charge in [0.05, 0.1) is 0 Å². The van der Waals surface area contributed by atoms with Crippen molar-refractivity contribution in [2.45, 2.75) is 44.2 Å². The summed E-state index contributed by atoms with van der Waals surface area (Å²) in [4.78, 5) is 0. The van der Waals surface area contributed by atoms with Crippen LogP contribution in [-0.4, -0.2) is 18.7 Å². The van der Waals surface area contributed by atoms with E-state index in [-0.39, 0.29) is 0 Å². The van der Waals surface area contributed by atoms with Crippen LogP contribution in [0.5, 0.6) is 5.75 Å². The van der Waals surface area contributed by atoms with Crippen LogP contribution in [0.2, 0.25) is 0 Å². The summed E-state index contributed by atoms with van der Waals surface area (Å²) in [5.74, 6) is 3.07. The Morgan fingerprint density at radius 1 is 1.17 bits per heavy atom. The second-order valence-electron chi connectivity index (χ2n) is 6.24. The lowest BCUT2D eigenvalue weighted by Gasteiger charge is -2.24. The normalized spacial score (nSPS) is 36.7. The van der Waals surface area contributed by atoms with E-state index in [1.54, 1.807) is 0 Å². The molecule has 2 bridgehead atoms. The molecule has 1 N–H and O–H groups in total. The van der Waals surface area contributed by atoms with Crippen LogP contribution in [0.15, 0.2) is 24.3 Å². The monoisotopic (exact) mass is 243 g/mol. The van der Waals surface area contributed by atoms with Crippen LogP contribution in [0.25, 0.3) is 0 Å². The van der Waals surface area contributed by atoms with E-state index in [1.165, 1.54) is 31.2 Å². The molecule has 3 aliphatic rings. The quantitative estimate of drug-likeness (QED) is 0.881. The largest absolute Gasteiger partial charge is 0.488 e. The number of fused-ring (bicyclic) bond motifs is 3. The Bertz CT molecular complexity index is 419. The molecule has 1 aromatic carbocycles. The number of benzene rings is 1. The van der Waals surface area contributed by atoms with E-state index in [9.17, 15) is 0 Å². The van der Waals surface area contributed by atoms with Crippen molar-refractivity contribution >= 4 is 0 Å². The van der Waals surface area contributed by atoms with Gasteiger partial charge < -0.3 is 10.1 Å². The molecule has 0 saturated heterocycles. The van der Waals surface area contributed by atoms with E-state index in [4.69, 9.17) is 4.74 Å². The van der Waals surface area contributed by atoms with Gasteiger partial charge in [-0.3, -0.25) is 0 Å². The molecule has 2 nitrogen and oxygen atoms in total. The first-order valence-corrected chi connectivity index (χ1v) is 7.36. The fraction of sp³-hybridized carbons (Fsp3) is 0.625. The molecule has 0 radical (unpaired) electrons. The van der Waals surface area contributed by atoms with Crippen molar-refractivity contribution in [1.82, 2.24) is 5.32 Å². The third-order valence-electron chi connectivity index (χ3n) is 5.06. The molecule has 1 heterocycles.